The van der Waals surface area contributed by atoms with Crippen molar-refractivity contribution in [3.63, 3.8) is 0 Å². The van der Waals surface area contributed by atoms with Crippen LogP contribution in [0.4, 0.5) is 4.79 Å². The second kappa shape index (κ2) is 8.91. The lowest BCUT2D eigenvalue weighted by Crippen LogP contribution is -2.50. The van der Waals surface area contributed by atoms with E-state index in [1.807, 2.05) is 48.5 Å². The van der Waals surface area contributed by atoms with Crippen molar-refractivity contribution in [1.29, 1.82) is 0 Å². The van der Waals surface area contributed by atoms with Crippen LogP contribution in [0, 0.1) is 0 Å². The summed E-state index contributed by atoms with van der Waals surface area (Å²) < 4.78 is 39.3. The van der Waals surface area contributed by atoms with Gasteiger partial charge in [-0.25, -0.2) is 13.2 Å². The Morgan fingerprint density at radius 3 is 2.13 bits per heavy atom. The molecule has 1 aliphatic rings. The lowest BCUT2D eigenvalue weighted by Gasteiger charge is -2.32. The number of hydrogen-bond donors (Lipinski definition) is 0. The van der Waals surface area contributed by atoms with Crippen LogP contribution in [0.3, 0.4) is 0 Å². The molecule has 0 spiro atoms. The Hall–Kier alpha value is -3.17. The maximum atomic E-state index is 13.5. The van der Waals surface area contributed by atoms with Gasteiger partial charge in [0.15, 0.2) is 5.76 Å². The van der Waals surface area contributed by atoms with E-state index in [-0.39, 0.29) is 49.5 Å². The van der Waals surface area contributed by atoms with Crippen LogP contribution in [-0.2, 0) is 14.8 Å². The third-order valence-corrected chi connectivity index (χ3v) is 6.81. The molecule has 8 nitrogen and oxygen atoms in total. The van der Waals surface area contributed by atoms with Gasteiger partial charge in [0.25, 0.3) is 10.0 Å². The van der Waals surface area contributed by atoms with Crippen molar-refractivity contribution in [2.24, 2.45) is 0 Å². The van der Waals surface area contributed by atoms with Gasteiger partial charge in [0, 0.05) is 37.3 Å². The van der Waals surface area contributed by atoms with Gasteiger partial charge >= 0.3 is 6.09 Å². The Bertz CT molecular complexity index is 1140. The van der Waals surface area contributed by atoms with Crippen molar-refractivity contribution in [1.82, 2.24) is 14.2 Å². The Morgan fingerprint density at radius 2 is 1.55 bits per heavy atom. The predicted molar refractivity (Wildman–Crippen MR) is 115 cm³/mol. The van der Waals surface area contributed by atoms with Crippen molar-refractivity contribution in [2.45, 2.75) is 11.9 Å². The number of hydrogen-bond acceptors (Lipinski definition) is 6. The largest absolute Gasteiger partial charge is 0.450 e. The number of sulfonamides is 1. The fraction of sp³-hybridized carbons (Fsp3) is 0.273. The summed E-state index contributed by atoms with van der Waals surface area (Å²) in [7, 11) is -3.94. The Kier molecular flexibility index (Phi) is 6.06. The quantitative estimate of drug-likeness (QED) is 0.602. The van der Waals surface area contributed by atoms with E-state index in [1.165, 1.54) is 9.21 Å². The van der Waals surface area contributed by atoms with Crippen LogP contribution in [0.1, 0.15) is 6.92 Å². The number of amides is 1. The highest BCUT2D eigenvalue weighted by Gasteiger charge is 2.35. The minimum atomic E-state index is -3.94. The van der Waals surface area contributed by atoms with Crippen LogP contribution in [0.5, 0.6) is 0 Å². The number of carbonyl (C=O) groups excluding carboxylic acids is 1. The summed E-state index contributed by atoms with van der Waals surface area (Å²) >= 11 is 0. The van der Waals surface area contributed by atoms with E-state index in [9.17, 15) is 13.2 Å². The molecule has 0 atom stereocenters. The molecule has 2 heterocycles. The molecule has 0 bridgehead atoms. The van der Waals surface area contributed by atoms with Gasteiger partial charge in [-0.1, -0.05) is 48.5 Å². The molecule has 0 saturated carbocycles. The average molecular weight is 442 g/mol. The molecular formula is C22H23N3O5S. The summed E-state index contributed by atoms with van der Waals surface area (Å²) in [6, 6.07) is 18.2. The van der Waals surface area contributed by atoms with Crippen molar-refractivity contribution < 1.29 is 22.4 Å². The van der Waals surface area contributed by atoms with Gasteiger partial charge in [-0.05, 0) is 19.1 Å². The minimum absolute atomic E-state index is 0.123. The highest BCUT2D eigenvalue weighted by atomic mass is 32.2. The maximum Gasteiger partial charge on any atom is 0.409 e. The highest BCUT2D eigenvalue weighted by molar-refractivity contribution is 7.89. The van der Waals surface area contributed by atoms with E-state index < -0.39 is 16.1 Å². The van der Waals surface area contributed by atoms with Crippen molar-refractivity contribution in [2.75, 3.05) is 32.8 Å². The first-order chi connectivity index (χ1) is 15.0. The summed E-state index contributed by atoms with van der Waals surface area (Å²) in [6.45, 7) is 2.83. The molecule has 1 fully saturated rings. The zero-order valence-electron chi connectivity index (χ0n) is 17.1. The molecule has 1 aliphatic heterocycles. The topological polar surface area (TPSA) is 93.0 Å². The monoisotopic (exact) mass is 441 g/mol. The van der Waals surface area contributed by atoms with Gasteiger partial charge in [-0.2, -0.15) is 9.29 Å². The number of oxazole rings is 1. The molecule has 0 aliphatic carbocycles. The van der Waals surface area contributed by atoms with E-state index >= 15 is 0 Å². The molecule has 0 N–H and O–H groups in total. The Balaban J connectivity index is 1.68. The van der Waals surface area contributed by atoms with Gasteiger partial charge in [-0.15, -0.1) is 0 Å². The highest BCUT2D eigenvalue weighted by Crippen LogP contribution is 2.34. The Morgan fingerprint density at radius 1 is 0.968 bits per heavy atom. The lowest BCUT2D eigenvalue weighted by atomic mass is 10.2. The molecule has 162 valence electrons. The van der Waals surface area contributed by atoms with E-state index in [1.54, 1.807) is 19.1 Å². The van der Waals surface area contributed by atoms with Crippen molar-refractivity contribution in [3.8, 4) is 22.8 Å². The molecule has 9 heteroatoms. The molecule has 0 radical (unpaired) electrons. The van der Waals surface area contributed by atoms with E-state index in [2.05, 4.69) is 4.98 Å². The van der Waals surface area contributed by atoms with Crippen LogP contribution >= 0.6 is 0 Å². The average Bonchev–Trinajstić information content (AvgIpc) is 3.27. The second-order valence-corrected chi connectivity index (χ2v) is 8.83. The fourth-order valence-electron chi connectivity index (χ4n) is 3.41. The number of carbonyl (C=O) groups is 1. The predicted octanol–water partition coefficient (Wildman–Crippen LogP) is 3.47. The Labute approximate surface area is 181 Å². The van der Waals surface area contributed by atoms with Crippen LogP contribution in [0.15, 0.2) is 70.1 Å². The van der Waals surface area contributed by atoms with Gasteiger partial charge in [0.05, 0.1) is 6.61 Å². The summed E-state index contributed by atoms with van der Waals surface area (Å²) in [4.78, 5) is 17.8. The molecule has 4 rings (SSSR count). The third kappa shape index (κ3) is 4.33. The minimum Gasteiger partial charge on any atom is -0.450 e. The van der Waals surface area contributed by atoms with Crippen LogP contribution in [0.2, 0.25) is 0 Å². The van der Waals surface area contributed by atoms with Gasteiger partial charge in [0.1, 0.15) is 0 Å². The number of aromatic nitrogens is 1. The maximum absolute atomic E-state index is 13.5. The van der Waals surface area contributed by atoms with Crippen LogP contribution in [-0.4, -0.2) is 61.5 Å². The smallest absolute Gasteiger partial charge is 0.409 e. The van der Waals surface area contributed by atoms with Crippen molar-refractivity contribution >= 4 is 16.1 Å². The van der Waals surface area contributed by atoms with Crippen molar-refractivity contribution in [3.05, 3.63) is 60.7 Å². The van der Waals surface area contributed by atoms with E-state index in [0.717, 1.165) is 0 Å². The molecule has 3 aromatic rings. The number of ether oxygens (including phenoxy) is 1. The number of rotatable bonds is 5. The first-order valence-electron chi connectivity index (χ1n) is 10.0. The van der Waals surface area contributed by atoms with Gasteiger partial charge in [-0.3, -0.25) is 0 Å². The first-order valence-corrected chi connectivity index (χ1v) is 11.5. The third-order valence-electron chi connectivity index (χ3n) is 5.00. The van der Waals surface area contributed by atoms with Crippen LogP contribution in [0.25, 0.3) is 22.8 Å². The zero-order valence-corrected chi connectivity index (χ0v) is 17.9. The van der Waals surface area contributed by atoms with E-state index in [0.29, 0.717) is 11.1 Å². The van der Waals surface area contributed by atoms with Crippen LogP contribution < -0.4 is 0 Å². The summed E-state index contributed by atoms with van der Waals surface area (Å²) in [5, 5.41) is -0.123. The summed E-state index contributed by atoms with van der Waals surface area (Å²) in [6.07, 6.45) is -0.433. The molecular weight excluding hydrogens is 418 g/mol. The molecule has 31 heavy (non-hydrogen) atoms. The molecule has 2 aromatic carbocycles. The summed E-state index contributed by atoms with van der Waals surface area (Å²) in [5.41, 5.74) is 1.31. The standard InChI is InChI=1S/C22H23N3O5S/c1-2-29-22(26)24-13-15-25(16-14-24)31(27,28)21-19(17-9-5-3-6-10-17)30-20(23-21)18-11-7-4-8-12-18/h3-12H,2,13-16H2,1H3. The fourth-order valence-corrected chi connectivity index (χ4v) is 4.89. The number of piperazine rings is 1. The zero-order chi connectivity index (χ0) is 21.8. The lowest BCUT2D eigenvalue weighted by molar-refractivity contribution is 0.0934. The molecule has 1 amide bonds. The SMILES string of the molecule is CCOC(=O)N1CCN(S(=O)(=O)c2nc(-c3ccccc3)oc2-c2ccccc2)CC1. The molecule has 1 saturated heterocycles. The molecule has 1 aromatic heterocycles. The second-order valence-electron chi connectivity index (χ2n) is 6.98. The normalized spacial score (nSPS) is 15.1. The number of nitrogens with zero attached hydrogens (tertiary/aromatic N) is 3. The summed E-state index contributed by atoms with van der Waals surface area (Å²) in [5.74, 6) is 0.440. The van der Waals surface area contributed by atoms with E-state index in [4.69, 9.17) is 9.15 Å². The van der Waals surface area contributed by atoms with Gasteiger partial charge < -0.3 is 14.1 Å². The first kappa shape index (κ1) is 21.1. The molecule has 0 unspecified atom stereocenters. The van der Waals surface area contributed by atoms with Gasteiger partial charge in [0.2, 0.25) is 10.9 Å². The number of benzene rings is 2.